The fourth-order valence-corrected chi connectivity index (χ4v) is 0.438. The number of hydrogen-bond acceptors (Lipinski definition) is 3. The first-order chi connectivity index (χ1) is 4.63. The highest BCUT2D eigenvalue weighted by atomic mass is 19.3. The van der Waals surface area contributed by atoms with Gasteiger partial charge in [-0.1, -0.05) is 0 Å². The Morgan fingerprint density at radius 1 is 1.60 bits per heavy atom. The van der Waals surface area contributed by atoms with E-state index in [0.717, 1.165) is 6.20 Å². The molecule has 0 aliphatic carbocycles. The molecule has 3 nitrogen and oxygen atoms in total. The molecule has 0 radical (unpaired) electrons. The number of alkyl halides is 2. The molecule has 0 aromatic rings. The first-order valence-corrected chi connectivity index (χ1v) is 2.56. The van der Waals surface area contributed by atoms with Crippen molar-refractivity contribution in [2.45, 2.75) is 6.43 Å². The van der Waals surface area contributed by atoms with E-state index in [1.54, 1.807) is 0 Å². The summed E-state index contributed by atoms with van der Waals surface area (Å²) < 4.78 is 23.7. The van der Waals surface area contributed by atoms with Gasteiger partial charge in [-0.05, 0) is 0 Å². The highest BCUT2D eigenvalue weighted by Gasteiger charge is 2.13. The lowest BCUT2D eigenvalue weighted by atomic mass is 10.3. The predicted molar refractivity (Wildman–Crippen MR) is 35.8 cm³/mol. The lowest BCUT2D eigenvalue weighted by molar-refractivity contribution is 0.226. The molecule has 0 aromatic carbocycles. The molecule has 0 aromatic heterocycles. The van der Waals surface area contributed by atoms with E-state index < -0.39 is 12.1 Å². The van der Waals surface area contributed by atoms with Gasteiger partial charge in [0.15, 0.2) is 0 Å². The van der Waals surface area contributed by atoms with Crippen molar-refractivity contribution in [1.82, 2.24) is 0 Å². The van der Waals surface area contributed by atoms with E-state index in [9.17, 15) is 8.78 Å². The predicted octanol–water partition coefficient (Wildman–Crippen LogP) is 0.0811. The zero-order chi connectivity index (χ0) is 8.15. The molecule has 0 saturated carbocycles. The molecule has 0 spiro atoms. The van der Waals surface area contributed by atoms with Gasteiger partial charge < -0.3 is 11.5 Å². The summed E-state index contributed by atoms with van der Waals surface area (Å²) in [5, 5.41) is 0. The zero-order valence-corrected chi connectivity index (χ0v) is 5.51. The first kappa shape index (κ1) is 8.87. The molecule has 58 valence electrons. The molecule has 0 atom stereocenters. The fraction of sp³-hybridized carbons (Fsp3) is 0.400. The summed E-state index contributed by atoms with van der Waals surface area (Å²) in [6, 6.07) is 0. The van der Waals surface area contributed by atoms with Gasteiger partial charge in [0.25, 0.3) is 6.43 Å². The Hall–Kier alpha value is -1.13. The Labute approximate surface area is 57.4 Å². The Kier molecular flexibility index (Phi) is 3.38. The molecule has 0 aliphatic rings. The van der Waals surface area contributed by atoms with Crippen LogP contribution in [-0.4, -0.2) is 19.2 Å². The van der Waals surface area contributed by atoms with Crippen LogP contribution in [0.4, 0.5) is 8.78 Å². The summed E-state index contributed by atoms with van der Waals surface area (Å²) in [6.45, 7) is 0. The van der Waals surface area contributed by atoms with Crippen LogP contribution in [-0.2, 0) is 0 Å². The SMILES string of the molecule is CN=C(/C(N)=C\N)C(F)F. The quantitative estimate of drug-likeness (QED) is 0.546. The molecule has 0 saturated heterocycles. The van der Waals surface area contributed by atoms with E-state index in [4.69, 9.17) is 11.5 Å². The van der Waals surface area contributed by atoms with Crippen LogP contribution in [0.1, 0.15) is 0 Å². The molecule has 10 heavy (non-hydrogen) atoms. The van der Waals surface area contributed by atoms with E-state index in [2.05, 4.69) is 4.99 Å². The lowest BCUT2D eigenvalue weighted by Gasteiger charge is -2.01. The summed E-state index contributed by atoms with van der Waals surface area (Å²) in [6.07, 6.45) is -1.76. The minimum atomic E-state index is -2.66. The van der Waals surface area contributed by atoms with Crippen LogP contribution in [0.25, 0.3) is 0 Å². The number of nitrogens with zero attached hydrogens (tertiary/aromatic N) is 1. The minimum Gasteiger partial charge on any atom is -0.403 e. The maximum atomic E-state index is 11.8. The van der Waals surface area contributed by atoms with Crippen molar-refractivity contribution >= 4 is 5.71 Å². The van der Waals surface area contributed by atoms with Crippen molar-refractivity contribution in [3.8, 4) is 0 Å². The number of halogens is 2. The van der Waals surface area contributed by atoms with Crippen LogP contribution in [0.5, 0.6) is 0 Å². The van der Waals surface area contributed by atoms with E-state index in [1.807, 2.05) is 0 Å². The van der Waals surface area contributed by atoms with E-state index in [0.29, 0.717) is 0 Å². The molecule has 0 rings (SSSR count). The number of aliphatic imine (C=N–C) groups is 1. The molecule has 0 fully saturated rings. The van der Waals surface area contributed by atoms with Crippen LogP contribution < -0.4 is 11.5 Å². The van der Waals surface area contributed by atoms with Crippen LogP contribution in [0.3, 0.4) is 0 Å². The van der Waals surface area contributed by atoms with Crippen LogP contribution in [0, 0.1) is 0 Å². The Morgan fingerprint density at radius 2 is 2.10 bits per heavy atom. The second kappa shape index (κ2) is 3.81. The van der Waals surface area contributed by atoms with Gasteiger partial charge in [0.1, 0.15) is 5.71 Å². The lowest BCUT2D eigenvalue weighted by Crippen LogP contribution is -2.20. The maximum absolute atomic E-state index is 11.8. The second-order valence-electron chi connectivity index (χ2n) is 1.53. The smallest absolute Gasteiger partial charge is 0.282 e. The van der Waals surface area contributed by atoms with Crippen molar-refractivity contribution in [1.29, 1.82) is 0 Å². The van der Waals surface area contributed by atoms with Gasteiger partial charge in [-0.25, -0.2) is 8.78 Å². The molecule has 0 aliphatic heterocycles. The van der Waals surface area contributed by atoms with Gasteiger partial charge >= 0.3 is 0 Å². The third-order valence-electron chi connectivity index (χ3n) is 0.923. The summed E-state index contributed by atoms with van der Waals surface area (Å²) in [5.74, 6) is 0. The van der Waals surface area contributed by atoms with Gasteiger partial charge in [0.2, 0.25) is 0 Å². The van der Waals surface area contributed by atoms with E-state index in [1.165, 1.54) is 7.05 Å². The van der Waals surface area contributed by atoms with Crippen molar-refractivity contribution in [2.75, 3.05) is 7.05 Å². The molecule has 0 heterocycles. The average molecular weight is 149 g/mol. The van der Waals surface area contributed by atoms with Crippen LogP contribution >= 0.6 is 0 Å². The molecular formula is C5H9F2N3. The molecule has 0 amide bonds. The summed E-state index contributed by atoms with van der Waals surface area (Å²) in [4.78, 5) is 3.25. The van der Waals surface area contributed by atoms with Crippen LogP contribution in [0.15, 0.2) is 16.9 Å². The van der Waals surface area contributed by atoms with Gasteiger partial charge in [0, 0.05) is 13.2 Å². The zero-order valence-electron chi connectivity index (χ0n) is 5.51. The van der Waals surface area contributed by atoms with Crippen molar-refractivity contribution in [2.24, 2.45) is 16.5 Å². The van der Waals surface area contributed by atoms with Gasteiger partial charge in [-0.15, -0.1) is 0 Å². The van der Waals surface area contributed by atoms with Gasteiger partial charge in [-0.2, -0.15) is 0 Å². The maximum Gasteiger partial charge on any atom is 0.282 e. The molecule has 4 N–H and O–H groups in total. The van der Waals surface area contributed by atoms with E-state index in [-0.39, 0.29) is 5.70 Å². The van der Waals surface area contributed by atoms with Crippen LogP contribution in [0.2, 0.25) is 0 Å². The number of hydrogen-bond donors (Lipinski definition) is 2. The third-order valence-corrected chi connectivity index (χ3v) is 0.923. The minimum absolute atomic E-state index is 0.183. The van der Waals surface area contributed by atoms with Gasteiger partial charge in [-0.3, -0.25) is 4.99 Å². The number of nitrogens with two attached hydrogens (primary N) is 2. The fourth-order valence-electron chi connectivity index (χ4n) is 0.438. The Balaban J connectivity index is 4.39. The molecular weight excluding hydrogens is 140 g/mol. The summed E-state index contributed by atoms with van der Waals surface area (Å²) in [5.41, 5.74) is 9.29. The van der Waals surface area contributed by atoms with Crippen molar-refractivity contribution < 1.29 is 8.78 Å². The highest BCUT2D eigenvalue weighted by molar-refractivity contribution is 6.01. The average Bonchev–Trinajstić information content (AvgIpc) is 1.88. The van der Waals surface area contributed by atoms with Crippen molar-refractivity contribution in [3.63, 3.8) is 0 Å². The second-order valence-corrected chi connectivity index (χ2v) is 1.53. The first-order valence-electron chi connectivity index (χ1n) is 2.56. The number of allylic oxidation sites excluding steroid dienone is 1. The molecule has 0 unspecified atom stereocenters. The Bertz CT molecular complexity index is 162. The van der Waals surface area contributed by atoms with Crippen molar-refractivity contribution in [3.05, 3.63) is 11.9 Å². The number of rotatable bonds is 2. The highest BCUT2D eigenvalue weighted by Crippen LogP contribution is 2.00. The molecule has 5 heteroatoms. The third kappa shape index (κ3) is 2.00. The largest absolute Gasteiger partial charge is 0.403 e. The van der Waals surface area contributed by atoms with Gasteiger partial charge in [0.05, 0.1) is 5.70 Å². The Morgan fingerprint density at radius 3 is 2.20 bits per heavy atom. The molecule has 0 bridgehead atoms. The standard InChI is InChI=1S/C5H9F2N3/c1-10-4(5(6)7)3(9)2-8/h2,5H,8-9H2,1H3/b3-2+,10-4?. The summed E-state index contributed by atoms with van der Waals surface area (Å²) >= 11 is 0. The monoisotopic (exact) mass is 149 g/mol. The van der Waals surface area contributed by atoms with E-state index >= 15 is 0 Å². The summed E-state index contributed by atoms with van der Waals surface area (Å²) in [7, 11) is 1.23. The topological polar surface area (TPSA) is 64.4 Å². The normalized spacial score (nSPS) is 14.4.